The molecule has 180 valence electrons. The van der Waals surface area contributed by atoms with Crippen molar-refractivity contribution in [3.63, 3.8) is 0 Å². The van der Waals surface area contributed by atoms with Gasteiger partial charge in [0, 0.05) is 0 Å². The molecule has 0 saturated carbocycles. The molecule has 3 aliphatic heterocycles. The minimum absolute atomic E-state index is 0.179. The zero-order chi connectivity index (χ0) is 23.9. The van der Waals surface area contributed by atoms with Crippen LogP contribution in [0.15, 0.2) is 24.3 Å². The molecule has 3 aliphatic rings. The zero-order valence-corrected chi connectivity index (χ0v) is 19.9. The monoisotopic (exact) mass is 478 g/mol. The van der Waals surface area contributed by atoms with Crippen molar-refractivity contribution in [3.8, 4) is 0 Å². The Kier molecular flexibility index (Phi) is 6.71. The van der Waals surface area contributed by atoms with Gasteiger partial charge in [0.2, 0.25) is 11.8 Å². The van der Waals surface area contributed by atoms with E-state index in [0.29, 0.717) is 30.0 Å². The second-order valence-electron chi connectivity index (χ2n) is 9.49. The molecule has 3 heterocycles. The number of nitrogens with one attached hydrogen (secondary N) is 1. The fourth-order valence-corrected chi connectivity index (χ4v) is 6.06. The van der Waals surface area contributed by atoms with Gasteiger partial charge in [-0.3, -0.25) is 14.4 Å². The topological polar surface area (TPSA) is 105 Å². The molecule has 2 bridgehead atoms. The molecule has 2 N–H and O–H groups in total. The summed E-state index contributed by atoms with van der Waals surface area (Å²) in [6.07, 6.45) is 1.08. The van der Waals surface area contributed by atoms with E-state index in [1.807, 2.05) is 13.8 Å². The molecule has 0 aromatic heterocycles. The highest BCUT2D eigenvalue weighted by Gasteiger charge is 2.75. The van der Waals surface area contributed by atoms with Crippen LogP contribution < -0.4 is 5.32 Å². The fourth-order valence-electron chi connectivity index (χ4n) is 5.87. The molecule has 6 atom stereocenters. The Hall–Kier alpha value is -2.16. The normalized spacial score (nSPS) is 31.1. The second kappa shape index (κ2) is 9.24. The number of aliphatic hydroxyl groups is 1. The number of carbonyl (C=O) groups excluding carboxylic acids is 3. The number of anilines is 1. The van der Waals surface area contributed by atoms with E-state index in [-0.39, 0.29) is 25.0 Å². The number of benzene rings is 1. The number of para-hydroxylation sites is 1. The maximum atomic E-state index is 13.8. The Labute approximate surface area is 198 Å². The molecule has 1 spiro atoms. The first kappa shape index (κ1) is 24.0. The van der Waals surface area contributed by atoms with E-state index >= 15 is 0 Å². The lowest BCUT2D eigenvalue weighted by Crippen LogP contribution is -2.56. The molecule has 0 aliphatic carbocycles. The van der Waals surface area contributed by atoms with E-state index in [2.05, 4.69) is 5.32 Å². The van der Waals surface area contributed by atoms with E-state index in [1.165, 1.54) is 4.90 Å². The van der Waals surface area contributed by atoms with Crippen LogP contribution >= 0.6 is 11.6 Å². The quantitative estimate of drug-likeness (QED) is 0.556. The lowest BCUT2D eigenvalue weighted by atomic mass is 9.70. The predicted octanol–water partition coefficient (Wildman–Crippen LogP) is 2.62. The van der Waals surface area contributed by atoms with Gasteiger partial charge in [-0.05, 0) is 44.2 Å². The summed E-state index contributed by atoms with van der Waals surface area (Å²) in [5, 5.41) is 13.4. The van der Waals surface area contributed by atoms with Crippen molar-refractivity contribution in [3.05, 3.63) is 29.3 Å². The van der Waals surface area contributed by atoms with Crippen molar-refractivity contribution in [2.24, 2.45) is 17.8 Å². The highest BCUT2D eigenvalue weighted by molar-refractivity contribution is 6.33. The molecule has 0 unspecified atom stereocenters. The van der Waals surface area contributed by atoms with Gasteiger partial charge in [0.15, 0.2) is 0 Å². The highest BCUT2D eigenvalue weighted by Crippen LogP contribution is 2.59. The Morgan fingerprint density at radius 3 is 2.73 bits per heavy atom. The average Bonchev–Trinajstić information content (AvgIpc) is 3.41. The third kappa shape index (κ3) is 3.92. The Morgan fingerprint density at radius 1 is 1.36 bits per heavy atom. The van der Waals surface area contributed by atoms with Gasteiger partial charge < -0.3 is 24.8 Å². The first-order valence-electron chi connectivity index (χ1n) is 11.6. The summed E-state index contributed by atoms with van der Waals surface area (Å²) in [5.41, 5.74) is -0.718. The van der Waals surface area contributed by atoms with E-state index in [4.69, 9.17) is 21.1 Å². The molecule has 9 heteroatoms. The van der Waals surface area contributed by atoms with Crippen LogP contribution in [0.3, 0.4) is 0 Å². The number of rotatable bonds is 8. The summed E-state index contributed by atoms with van der Waals surface area (Å²) in [5.74, 6) is -2.65. The Bertz CT molecular complexity index is 939. The lowest BCUT2D eigenvalue weighted by Gasteiger charge is -2.37. The number of nitrogens with zero attached hydrogens (tertiary/aromatic N) is 1. The van der Waals surface area contributed by atoms with Gasteiger partial charge in [0.25, 0.3) is 0 Å². The largest absolute Gasteiger partial charge is 0.466 e. The highest BCUT2D eigenvalue weighted by atomic mass is 35.5. The van der Waals surface area contributed by atoms with Gasteiger partial charge >= 0.3 is 5.97 Å². The van der Waals surface area contributed by atoms with E-state index in [0.717, 1.165) is 0 Å². The molecule has 2 amide bonds. The third-order valence-corrected chi connectivity index (χ3v) is 7.35. The van der Waals surface area contributed by atoms with Gasteiger partial charge in [0.05, 0.1) is 47.9 Å². The van der Waals surface area contributed by atoms with E-state index in [9.17, 15) is 19.5 Å². The standard InChI is InChI=1S/C24H31ClN2O6/c1-4-32-23(31)18-17-9-10-24(33-17)19(18)22(30)27(14(12-28)11-13(2)3)20(24)21(29)26-16-8-6-5-7-15(16)25/h5-8,13-14,17-20,28H,4,9-12H2,1-3H3,(H,26,29)/t14-,17+,18-,19-,20+,24-/m1/s1. The van der Waals surface area contributed by atoms with Crippen molar-refractivity contribution >= 4 is 35.1 Å². The van der Waals surface area contributed by atoms with Crippen molar-refractivity contribution < 1.29 is 29.0 Å². The lowest BCUT2D eigenvalue weighted by molar-refractivity contribution is -0.155. The van der Waals surface area contributed by atoms with Crippen LogP contribution in [0.5, 0.6) is 0 Å². The molecule has 1 aromatic rings. The number of hydrogen-bond acceptors (Lipinski definition) is 6. The summed E-state index contributed by atoms with van der Waals surface area (Å²) in [6, 6.07) is 5.29. The number of esters is 1. The third-order valence-electron chi connectivity index (χ3n) is 7.02. The van der Waals surface area contributed by atoms with Gasteiger partial charge in [0.1, 0.15) is 11.6 Å². The smallest absolute Gasteiger partial charge is 0.312 e. The van der Waals surface area contributed by atoms with Crippen LogP contribution in [0.1, 0.15) is 40.0 Å². The average molecular weight is 479 g/mol. The van der Waals surface area contributed by atoms with Crippen molar-refractivity contribution in [2.45, 2.75) is 63.8 Å². The van der Waals surface area contributed by atoms with Crippen LogP contribution in [-0.2, 0) is 23.9 Å². The van der Waals surface area contributed by atoms with Crippen molar-refractivity contribution in [1.29, 1.82) is 0 Å². The molecule has 3 saturated heterocycles. The predicted molar refractivity (Wildman–Crippen MR) is 121 cm³/mol. The number of ether oxygens (including phenoxy) is 2. The molecule has 3 fully saturated rings. The van der Waals surface area contributed by atoms with Crippen molar-refractivity contribution in [2.75, 3.05) is 18.5 Å². The van der Waals surface area contributed by atoms with Crippen LogP contribution in [0.25, 0.3) is 0 Å². The van der Waals surface area contributed by atoms with E-state index in [1.54, 1.807) is 31.2 Å². The van der Waals surface area contributed by atoms with E-state index < -0.39 is 47.5 Å². The van der Waals surface area contributed by atoms with Gasteiger partial charge in [-0.1, -0.05) is 37.6 Å². The van der Waals surface area contributed by atoms with Crippen LogP contribution in [0.4, 0.5) is 5.69 Å². The van der Waals surface area contributed by atoms with Gasteiger partial charge in [-0.2, -0.15) is 0 Å². The first-order valence-corrected chi connectivity index (χ1v) is 12.0. The Balaban J connectivity index is 1.75. The number of fused-ring (bicyclic) bond motifs is 1. The number of carbonyl (C=O) groups is 3. The van der Waals surface area contributed by atoms with Crippen molar-refractivity contribution in [1.82, 2.24) is 4.90 Å². The summed E-state index contributed by atoms with van der Waals surface area (Å²) >= 11 is 6.26. The molecule has 33 heavy (non-hydrogen) atoms. The zero-order valence-electron chi connectivity index (χ0n) is 19.1. The number of amides is 2. The number of halogens is 1. The maximum absolute atomic E-state index is 13.8. The molecular formula is C24H31ClN2O6. The Morgan fingerprint density at radius 2 is 2.09 bits per heavy atom. The molecule has 1 aromatic carbocycles. The number of aliphatic hydroxyl groups excluding tert-OH is 1. The minimum Gasteiger partial charge on any atom is -0.466 e. The molecular weight excluding hydrogens is 448 g/mol. The summed E-state index contributed by atoms with van der Waals surface area (Å²) in [7, 11) is 0. The van der Waals surface area contributed by atoms with Crippen LogP contribution in [-0.4, -0.2) is 64.8 Å². The van der Waals surface area contributed by atoms with Gasteiger partial charge in [-0.25, -0.2) is 0 Å². The van der Waals surface area contributed by atoms with Crippen LogP contribution in [0.2, 0.25) is 5.02 Å². The second-order valence-corrected chi connectivity index (χ2v) is 9.90. The maximum Gasteiger partial charge on any atom is 0.312 e. The molecule has 0 radical (unpaired) electrons. The molecule has 8 nitrogen and oxygen atoms in total. The summed E-state index contributed by atoms with van der Waals surface area (Å²) < 4.78 is 11.6. The minimum atomic E-state index is -1.14. The fraction of sp³-hybridized carbons (Fsp3) is 0.625. The summed E-state index contributed by atoms with van der Waals surface area (Å²) in [6.45, 7) is 5.60. The van der Waals surface area contributed by atoms with Crippen LogP contribution in [0, 0.1) is 17.8 Å². The SMILES string of the molecule is CCOC(=O)[C@@H]1[C@@H]2CC[C@]3(O2)[C@H](C(=O)Nc2ccccc2Cl)N([C@@H](CO)CC(C)C)C(=O)[C@@H]13. The van der Waals surface area contributed by atoms with Gasteiger partial charge in [-0.15, -0.1) is 0 Å². The first-order chi connectivity index (χ1) is 15.7. The molecule has 4 rings (SSSR count). The summed E-state index contributed by atoms with van der Waals surface area (Å²) in [4.78, 5) is 41.8. The number of hydrogen-bond donors (Lipinski definition) is 2. The number of likely N-dealkylation sites (tertiary alicyclic amines) is 1.